The van der Waals surface area contributed by atoms with Gasteiger partial charge < -0.3 is 15.7 Å². The maximum Gasteiger partial charge on any atom is 0.306 e. The molecule has 1 aliphatic rings. The van der Waals surface area contributed by atoms with Gasteiger partial charge in [-0.3, -0.25) is 9.59 Å². The number of anilines is 1. The van der Waals surface area contributed by atoms with Crippen molar-refractivity contribution in [2.24, 2.45) is 11.8 Å². The minimum Gasteiger partial charge on any atom is -0.481 e. The summed E-state index contributed by atoms with van der Waals surface area (Å²) in [6.45, 7) is 2.76. The summed E-state index contributed by atoms with van der Waals surface area (Å²) in [5, 5.41) is 8.89. The normalized spacial score (nSPS) is 16.8. The summed E-state index contributed by atoms with van der Waals surface area (Å²) >= 11 is 0. The van der Waals surface area contributed by atoms with Gasteiger partial charge in [-0.05, 0) is 17.7 Å². The zero-order chi connectivity index (χ0) is 14.0. The fraction of sp³-hybridized carbons (Fsp3) is 0.429. The van der Waals surface area contributed by atoms with Crippen molar-refractivity contribution < 1.29 is 14.7 Å². The number of nitrogens with two attached hydrogens (primary N) is 1. The number of hydrogen-bond acceptors (Lipinski definition) is 3. The Hall–Kier alpha value is -2.04. The number of carbonyl (C=O) groups is 2. The average molecular weight is 262 g/mol. The van der Waals surface area contributed by atoms with E-state index in [1.54, 1.807) is 24.0 Å². The zero-order valence-corrected chi connectivity index (χ0v) is 10.9. The number of nitrogen functional groups attached to an aromatic ring is 1. The van der Waals surface area contributed by atoms with Crippen molar-refractivity contribution in [1.82, 2.24) is 4.90 Å². The molecule has 1 unspecified atom stereocenters. The van der Waals surface area contributed by atoms with Gasteiger partial charge in [-0.2, -0.15) is 0 Å². The highest BCUT2D eigenvalue weighted by Crippen LogP contribution is 2.24. The molecule has 1 aliphatic heterocycles. The molecule has 5 nitrogen and oxygen atoms in total. The van der Waals surface area contributed by atoms with Crippen LogP contribution in [0.1, 0.15) is 12.5 Å². The molecule has 1 atom stereocenters. The molecule has 102 valence electrons. The van der Waals surface area contributed by atoms with E-state index >= 15 is 0 Å². The first-order chi connectivity index (χ1) is 8.97. The molecule has 1 aromatic carbocycles. The van der Waals surface area contributed by atoms with E-state index in [9.17, 15) is 9.59 Å². The van der Waals surface area contributed by atoms with Crippen LogP contribution in [-0.4, -0.2) is 35.0 Å². The summed E-state index contributed by atoms with van der Waals surface area (Å²) in [6, 6.07) is 7.26. The van der Waals surface area contributed by atoms with E-state index in [0.29, 0.717) is 25.2 Å². The van der Waals surface area contributed by atoms with E-state index in [2.05, 4.69) is 0 Å². The molecule has 1 fully saturated rings. The number of carboxylic acid groups (broad SMARTS) is 1. The molecule has 0 radical (unpaired) electrons. The van der Waals surface area contributed by atoms with Crippen LogP contribution in [0.15, 0.2) is 24.3 Å². The number of hydrogen-bond donors (Lipinski definition) is 2. The Morgan fingerprint density at radius 2 is 2.16 bits per heavy atom. The summed E-state index contributed by atoms with van der Waals surface area (Å²) in [6.07, 6.45) is 0.319. The first-order valence-corrected chi connectivity index (χ1v) is 6.32. The van der Waals surface area contributed by atoms with Crippen molar-refractivity contribution in [1.29, 1.82) is 0 Å². The van der Waals surface area contributed by atoms with Crippen LogP contribution in [0.5, 0.6) is 0 Å². The van der Waals surface area contributed by atoms with Crippen molar-refractivity contribution in [3.8, 4) is 0 Å². The van der Waals surface area contributed by atoms with E-state index in [0.717, 1.165) is 5.56 Å². The quantitative estimate of drug-likeness (QED) is 0.793. The number of aliphatic carboxylic acids is 1. The summed E-state index contributed by atoms with van der Waals surface area (Å²) in [7, 11) is 0. The highest BCUT2D eigenvalue weighted by Gasteiger charge is 2.36. The Morgan fingerprint density at radius 3 is 2.74 bits per heavy atom. The van der Waals surface area contributed by atoms with Crippen LogP contribution in [0, 0.1) is 11.8 Å². The summed E-state index contributed by atoms with van der Waals surface area (Å²) < 4.78 is 0. The second-order valence-electron chi connectivity index (χ2n) is 5.11. The van der Waals surface area contributed by atoms with E-state index in [4.69, 9.17) is 10.8 Å². The van der Waals surface area contributed by atoms with Gasteiger partial charge in [0.1, 0.15) is 0 Å². The SMILES string of the molecule is CC(C(=O)O)C1CN(C(=O)Cc2cccc(N)c2)C1. The van der Waals surface area contributed by atoms with Gasteiger partial charge in [-0.15, -0.1) is 0 Å². The molecule has 1 amide bonds. The number of carboxylic acids is 1. The topological polar surface area (TPSA) is 83.6 Å². The Kier molecular flexibility index (Phi) is 3.74. The molecule has 0 saturated carbocycles. The van der Waals surface area contributed by atoms with Gasteiger partial charge in [0.05, 0.1) is 12.3 Å². The minimum absolute atomic E-state index is 0.0273. The van der Waals surface area contributed by atoms with E-state index in [-0.39, 0.29) is 11.8 Å². The Bertz CT molecular complexity index is 495. The van der Waals surface area contributed by atoms with Crippen molar-refractivity contribution in [3.05, 3.63) is 29.8 Å². The predicted molar refractivity (Wildman–Crippen MR) is 71.4 cm³/mol. The lowest BCUT2D eigenvalue weighted by Crippen LogP contribution is -2.53. The van der Waals surface area contributed by atoms with E-state index in [1.165, 1.54) is 0 Å². The van der Waals surface area contributed by atoms with Crippen LogP contribution in [0.25, 0.3) is 0 Å². The van der Waals surface area contributed by atoms with E-state index in [1.807, 2.05) is 12.1 Å². The van der Waals surface area contributed by atoms with Gasteiger partial charge in [-0.25, -0.2) is 0 Å². The highest BCUT2D eigenvalue weighted by atomic mass is 16.4. The fourth-order valence-corrected chi connectivity index (χ4v) is 2.22. The lowest BCUT2D eigenvalue weighted by atomic mass is 9.87. The van der Waals surface area contributed by atoms with Crippen LogP contribution in [0.3, 0.4) is 0 Å². The molecule has 1 saturated heterocycles. The third kappa shape index (κ3) is 3.05. The van der Waals surface area contributed by atoms with Crippen LogP contribution >= 0.6 is 0 Å². The van der Waals surface area contributed by atoms with Crippen molar-refractivity contribution in [3.63, 3.8) is 0 Å². The van der Waals surface area contributed by atoms with Gasteiger partial charge >= 0.3 is 5.97 Å². The number of benzene rings is 1. The molecule has 0 bridgehead atoms. The zero-order valence-electron chi connectivity index (χ0n) is 10.9. The van der Waals surface area contributed by atoms with E-state index < -0.39 is 11.9 Å². The number of nitrogens with zero attached hydrogens (tertiary/aromatic N) is 1. The molecule has 1 heterocycles. The van der Waals surface area contributed by atoms with Crippen molar-refractivity contribution >= 4 is 17.6 Å². The molecule has 0 aromatic heterocycles. The lowest BCUT2D eigenvalue weighted by Gasteiger charge is -2.41. The summed E-state index contributed by atoms with van der Waals surface area (Å²) in [5.74, 6) is -1.09. The summed E-state index contributed by atoms with van der Waals surface area (Å²) in [5.41, 5.74) is 7.20. The molecular formula is C14H18N2O3. The van der Waals surface area contributed by atoms with Gasteiger partial charge in [0.2, 0.25) is 5.91 Å². The number of amides is 1. The van der Waals surface area contributed by atoms with Crippen LogP contribution < -0.4 is 5.73 Å². The van der Waals surface area contributed by atoms with Gasteiger partial charge in [0.15, 0.2) is 0 Å². The second-order valence-corrected chi connectivity index (χ2v) is 5.11. The molecule has 0 aliphatic carbocycles. The molecule has 5 heteroatoms. The highest BCUT2D eigenvalue weighted by molar-refractivity contribution is 5.80. The van der Waals surface area contributed by atoms with Crippen LogP contribution in [0.4, 0.5) is 5.69 Å². The third-order valence-electron chi connectivity index (χ3n) is 3.67. The molecule has 0 spiro atoms. The predicted octanol–water partition coefficient (Wildman–Crippen LogP) is 0.990. The maximum absolute atomic E-state index is 12.0. The first-order valence-electron chi connectivity index (χ1n) is 6.32. The maximum atomic E-state index is 12.0. The molecule has 1 aromatic rings. The van der Waals surface area contributed by atoms with Gasteiger partial charge in [-0.1, -0.05) is 19.1 Å². The molecule has 3 N–H and O–H groups in total. The third-order valence-corrected chi connectivity index (χ3v) is 3.67. The Labute approximate surface area is 112 Å². The van der Waals surface area contributed by atoms with Crippen LogP contribution in [0.2, 0.25) is 0 Å². The monoisotopic (exact) mass is 262 g/mol. The minimum atomic E-state index is -0.798. The number of likely N-dealkylation sites (tertiary alicyclic amines) is 1. The van der Waals surface area contributed by atoms with Crippen molar-refractivity contribution in [2.75, 3.05) is 18.8 Å². The standard InChI is InChI=1S/C14H18N2O3/c1-9(14(18)19)11-7-16(8-11)13(17)6-10-3-2-4-12(15)5-10/h2-5,9,11H,6-8,15H2,1H3,(H,18,19). The molecule has 2 rings (SSSR count). The smallest absolute Gasteiger partial charge is 0.306 e. The van der Waals surface area contributed by atoms with Gasteiger partial charge in [0, 0.05) is 24.7 Å². The lowest BCUT2D eigenvalue weighted by molar-refractivity contribution is -0.150. The van der Waals surface area contributed by atoms with Crippen molar-refractivity contribution in [2.45, 2.75) is 13.3 Å². The Balaban J connectivity index is 1.85. The average Bonchev–Trinajstić information content (AvgIpc) is 2.26. The van der Waals surface area contributed by atoms with Gasteiger partial charge in [0.25, 0.3) is 0 Å². The van der Waals surface area contributed by atoms with Crippen LogP contribution in [-0.2, 0) is 16.0 Å². The Morgan fingerprint density at radius 1 is 1.47 bits per heavy atom. The number of carbonyl (C=O) groups excluding carboxylic acids is 1. The first kappa shape index (κ1) is 13.4. The number of rotatable bonds is 4. The molecule has 19 heavy (non-hydrogen) atoms. The molecular weight excluding hydrogens is 244 g/mol. The fourth-order valence-electron chi connectivity index (χ4n) is 2.22. The largest absolute Gasteiger partial charge is 0.481 e. The second kappa shape index (κ2) is 5.30. The summed E-state index contributed by atoms with van der Waals surface area (Å²) in [4.78, 5) is 24.5.